The Bertz CT molecular complexity index is 452. The van der Waals surface area contributed by atoms with E-state index in [1.54, 1.807) is 0 Å². The highest BCUT2D eigenvalue weighted by Gasteiger charge is 2.08. The summed E-state index contributed by atoms with van der Waals surface area (Å²) in [7, 11) is 0. The predicted molar refractivity (Wildman–Crippen MR) is 67.1 cm³/mol. The minimum absolute atomic E-state index is 0.0812. The third kappa shape index (κ3) is 1.76. The van der Waals surface area contributed by atoms with Crippen molar-refractivity contribution in [2.45, 2.75) is 5.33 Å². The van der Waals surface area contributed by atoms with Crippen LogP contribution in [0.3, 0.4) is 0 Å². The summed E-state index contributed by atoms with van der Waals surface area (Å²) in [4.78, 5) is 0. The standard InChI is InChI=1S/C9H5BrFIS/c10-4-5-1-2-7-6(3-5)8(12)9(11)13-7/h1-3H,4H2. The van der Waals surface area contributed by atoms with Crippen molar-refractivity contribution in [1.29, 1.82) is 0 Å². The van der Waals surface area contributed by atoms with E-state index in [1.165, 1.54) is 16.9 Å². The van der Waals surface area contributed by atoms with Gasteiger partial charge in [-0.05, 0) is 40.3 Å². The molecule has 1 heterocycles. The van der Waals surface area contributed by atoms with Gasteiger partial charge in [0, 0.05) is 15.4 Å². The van der Waals surface area contributed by atoms with Gasteiger partial charge in [-0.15, -0.1) is 11.3 Å². The van der Waals surface area contributed by atoms with Crippen LogP contribution in [-0.4, -0.2) is 0 Å². The van der Waals surface area contributed by atoms with Crippen molar-refractivity contribution in [3.05, 3.63) is 32.5 Å². The quantitative estimate of drug-likeness (QED) is 0.510. The van der Waals surface area contributed by atoms with Gasteiger partial charge in [-0.2, -0.15) is 4.39 Å². The Kier molecular flexibility index (Phi) is 2.90. The Hall–Kier alpha value is 0.320. The molecule has 4 heteroatoms. The topological polar surface area (TPSA) is 0 Å². The van der Waals surface area contributed by atoms with E-state index in [4.69, 9.17) is 0 Å². The van der Waals surface area contributed by atoms with E-state index in [0.717, 1.165) is 19.0 Å². The summed E-state index contributed by atoms with van der Waals surface area (Å²) in [5.41, 5.74) is 1.18. The van der Waals surface area contributed by atoms with Crippen molar-refractivity contribution < 1.29 is 4.39 Å². The first kappa shape index (κ1) is 9.86. The Morgan fingerprint density at radius 2 is 2.23 bits per heavy atom. The summed E-state index contributed by atoms with van der Waals surface area (Å²) >= 11 is 6.64. The molecule has 0 aliphatic rings. The molecule has 0 spiro atoms. The summed E-state index contributed by atoms with van der Waals surface area (Å²) in [6, 6.07) is 6.02. The van der Waals surface area contributed by atoms with Crippen LogP contribution in [0.4, 0.5) is 4.39 Å². The summed E-state index contributed by atoms with van der Waals surface area (Å²) in [5.74, 6) is 0. The summed E-state index contributed by atoms with van der Waals surface area (Å²) < 4.78 is 14.9. The van der Waals surface area contributed by atoms with E-state index in [2.05, 4.69) is 38.5 Å². The molecule has 0 radical (unpaired) electrons. The van der Waals surface area contributed by atoms with Crippen LogP contribution in [0.15, 0.2) is 18.2 Å². The van der Waals surface area contributed by atoms with E-state index in [-0.39, 0.29) is 5.13 Å². The molecule has 0 aliphatic heterocycles. The third-order valence-electron chi connectivity index (χ3n) is 1.81. The van der Waals surface area contributed by atoms with Crippen molar-refractivity contribution in [1.82, 2.24) is 0 Å². The summed E-state index contributed by atoms with van der Waals surface area (Å²) in [6.45, 7) is 0. The maximum atomic E-state index is 13.2. The van der Waals surface area contributed by atoms with Crippen molar-refractivity contribution >= 4 is 59.9 Å². The maximum Gasteiger partial charge on any atom is 0.190 e. The van der Waals surface area contributed by atoms with Crippen LogP contribution in [0.5, 0.6) is 0 Å². The lowest BCUT2D eigenvalue weighted by molar-refractivity contribution is 0.652. The van der Waals surface area contributed by atoms with Crippen molar-refractivity contribution in [2.75, 3.05) is 0 Å². The van der Waals surface area contributed by atoms with E-state index < -0.39 is 0 Å². The smallest absolute Gasteiger partial charge is 0.190 e. The average Bonchev–Trinajstić information content (AvgIpc) is 2.43. The lowest BCUT2D eigenvalue weighted by Gasteiger charge is -1.95. The number of benzene rings is 1. The van der Waals surface area contributed by atoms with Gasteiger partial charge >= 0.3 is 0 Å². The maximum absolute atomic E-state index is 13.2. The number of fused-ring (bicyclic) bond motifs is 1. The zero-order chi connectivity index (χ0) is 9.42. The zero-order valence-electron chi connectivity index (χ0n) is 6.48. The lowest BCUT2D eigenvalue weighted by atomic mass is 10.2. The second kappa shape index (κ2) is 3.82. The molecular weight excluding hydrogens is 366 g/mol. The molecule has 0 saturated carbocycles. The van der Waals surface area contributed by atoms with Crippen LogP contribution >= 0.6 is 49.9 Å². The highest BCUT2D eigenvalue weighted by atomic mass is 127. The molecule has 0 amide bonds. The van der Waals surface area contributed by atoms with Crippen LogP contribution in [-0.2, 0) is 5.33 Å². The molecule has 0 unspecified atom stereocenters. The first-order valence-electron chi connectivity index (χ1n) is 3.65. The number of halogens is 3. The number of hydrogen-bond donors (Lipinski definition) is 0. The number of thiophene rings is 1. The summed E-state index contributed by atoms with van der Waals surface area (Å²) in [6.07, 6.45) is 0. The zero-order valence-corrected chi connectivity index (χ0v) is 11.0. The second-order valence-electron chi connectivity index (χ2n) is 2.65. The number of rotatable bonds is 1. The van der Waals surface area contributed by atoms with E-state index >= 15 is 0 Å². The van der Waals surface area contributed by atoms with Crippen LogP contribution in [0.2, 0.25) is 0 Å². The summed E-state index contributed by atoms with van der Waals surface area (Å²) in [5, 5.41) is 1.76. The van der Waals surface area contributed by atoms with E-state index in [9.17, 15) is 4.39 Å². The van der Waals surface area contributed by atoms with Crippen molar-refractivity contribution in [3.63, 3.8) is 0 Å². The van der Waals surface area contributed by atoms with Gasteiger partial charge in [0.2, 0.25) is 0 Å². The van der Waals surface area contributed by atoms with Gasteiger partial charge in [0.15, 0.2) is 5.13 Å². The van der Waals surface area contributed by atoms with Gasteiger partial charge in [0.1, 0.15) is 0 Å². The molecule has 0 bridgehead atoms. The molecule has 2 aromatic rings. The Morgan fingerprint density at radius 1 is 1.46 bits per heavy atom. The van der Waals surface area contributed by atoms with E-state index in [0.29, 0.717) is 0 Å². The van der Waals surface area contributed by atoms with Crippen molar-refractivity contribution in [2.24, 2.45) is 0 Å². The third-order valence-corrected chi connectivity index (χ3v) is 4.83. The molecule has 0 saturated heterocycles. The Labute approximate surface area is 101 Å². The molecule has 1 aromatic heterocycles. The second-order valence-corrected chi connectivity index (χ2v) is 5.30. The fourth-order valence-electron chi connectivity index (χ4n) is 1.17. The van der Waals surface area contributed by atoms with Crippen LogP contribution in [0.25, 0.3) is 10.1 Å². The number of alkyl halides is 1. The fourth-order valence-corrected chi connectivity index (χ4v) is 3.28. The molecule has 0 aliphatic carbocycles. The highest BCUT2D eigenvalue weighted by Crippen LogP contribution is 2.31. The van der Waals surface area contributed by atoms with Crippen molar-refractivity contribution in [3.8, 4) is 0 Å². The first-order valence-corrected chi connectivity index (χ1v) is 6.66. The molecule has 0 fully saturated rings. The highest BCUT2D eigenvalue weighted by molar-refractivity contribution is 14.1. The van der Waals surface area contributed by atoms with E-state index in [1.807, 2.05) is 18.2 Å². The predicted octanol–water partition coefficient (Wildman–Crippen LogP) is 4.54. The van der Waals surface area contributed by atoms with Gasteiger partial charge in [-0.3, -0.25) is 0 Å². The van der Waals surface area contributed by atoms with Gasteiger partial charge in [-0.1, -0.05) is 22.0 Å². The SMILES string of the molecule is Fc1sc2ccc(CBr)cc2c1I. The first-order chi connectivity index (χ1) is 6.22. The molecule has 0 nitrogen and oxygen atoms in total. The van der Waals surface area contributed by atoms with Gasteiger partial charge < -0.3 is 0 Å². The Morgan fingerprint density at radius 3 is 2.92 bits per heavy atom. The van der Waals surface area contributed by atoms with Crippen LogP contribution in [0, 0.1) is 8.70 Å². The minimum atomic E-state index is -0.0812. The van der Waals surface area contributed by atoms with Gasteiger partial charge in [-0.25, -0.2) is 0 Å². The van der Waals surface area contributed by atoms with Crippen LogP contribution in [0.1, 0.15) is 5.56 Å². The molecule has 0 N–H and O–H groups in total. The van der Waals surface area contributed by atoms with Gasteiger partial charge in [0.05, 0.1) is 3.57 Å². The molecule has 68 valence electrons. The number of hydrogen-bond acceptors (Lipinski definition) is 1. The molecular formula is C9H5BrFIS. The fraction of sp³-hybridized carbons (Fsp3) is 0.111. The van der Waals surface area contributed by atoms with Gasteiger partial charge in [0.25, 0.3) is 0 Å². The average molecular weight is 371 g/mol. The molecule has 2 rings (SSSR count). The van der Waals surface area contributed by atoms with Crippen LogP contribution < -0.4 is 0 Å². The monoisotopic (exact) mass is 370 g/mol. The normalized spacial score (nSPS) is 11.0. The molecule has 0 atom stereocenters. The minimum Gasteiger partial charge on any atom is -0.194 e. The molecule has 1 aromatic carbocycles. The largest absolute Gasteiger partial charge is 0.194 e. The lowest BCUT2D eigenvalue weighted by Crippen LogP contribution is -1.76. The molecule has 13 heavy (non-hydrogen) atoms. The Balaban J connectivity index is 2.75.